The van der Waals surface area contributed by atoms with Crippen LogP contribution in [0.1, 0.15) is 33.7 Å². The molecule has 6 heteroatoms. The second kappa shape index (κ2) is 5.77. The number of pyridine rings is 1. The van der Waals surface area contributed by atoms with E-state index in [2.05, 4.69) is 10.1 Å². The molecule has 0 spiro atoms. The van der Waals surface area contributed by atoms with Crippen LogP contribution >= 0.6 is 0 Å². The number of phenolic OH excluding ortho intramolecular Hbond substituents is 1. The first-order valence-electron chi connectivity index (χ1n) is 8.04. The fraction of sp³-hybridized carbons (Fsp3) is 0.100. The van der Waals surface area contributed by atoms with E-state index in [1.165, 1.54) is 6.07 Å². The first-order valence-corrected chi connectivity index (χ1v) is 8.04. The van der Waals surface area contributed by atoms with Gasteiger partial charge in [-0.1, -0.05) is 11.2 Å². The summed E-state index contributed by atoms with van der Waals surface area (Å²) in [4.78, 5) is 17.3. The third-order valence-corrected chi connectivity index (χ3v) is 4.48. The zero-order chi connectivity index (χ0) is 18.4. The fourth-order valence-electron chi connectivity index (χ4n) is 3.34. The van der Waals surface area contributed by atoms with E-state index in [0.29, 0.717) is 39.3 Å². The van der Waals surface area contributed by atoms with Crippen molar-refractivity contribution in [1.29, 1.82) is 5.41 Å². The van der Waals surface area contributed by atoms with Crippen LogP contribution in [0.15, 0.2) is 47.2 Å². The molecule has 0 fully saturated rings. The Labute approximate surface area is 149 Å². The Bertz CT molecular complexity index is 1080. The number of phenols is 1. The summed E-state index contributed by atoms with van der Waals surface area (Å²) in [5.74, 6) is 0.158. The molecule has 0 saturated carbocycles. The van der Waals surface area contributed by atoms with Gasteiger partial charge in [0.2, 0.25) is 5.78 Å². The van der Waals surface area contributed by atoms with Gasteiger partial charge in [0.1, 0.15) is 17.2 Å². The number of benzene rings is 1. The summed E-state index contributed by atoms with van der Waals surface area (Å²) in [5, 5.41) is 22.3. The van der Waals surface area contributed by atoms with Gasteiger partial charge < -0.3 is 9.63 Å². The molecule has 0 bridgehead atoms. The minimum Gasteiger partial charge on any atom is -0.508 e. The van der Waals surface area contributed by atoms with Crippen LogP contribution in [0, 0.1) is 19.3 Å². The predicted octanol–water partition coefficient (Wildman–Crippen LogP) is 3.30. The van der Waals surface area contributed by atoms with Crippen molar-refractivity contribution < 1.29 is 14.4 Å². The Hall–Kier alpha value is -3.54. The Balaban J connectivity index is 2.17. The normalized spacial score (nSPS) is 13.9. The van der Waals surface area contributed by atoms with E-state index >= 15 is 0 Å². The highest BCUT2D eigenvalue weighted by atomic mass is 16.5. The summed E-state index contributed by atoms with van der Waals surface area (Å²) in [6.45, 7) is 3.49. The number of nitrogens with one attached hydrogen (secondary N) is 1. The highest BCUT2D eigenvalue weighted by Gasteiger charge is 2.34. The number of hydrogen-bond donors (Lipinski definition) is 2. The molecule has 2 N–H and O–H groups in total. The highest BCUT2D eigenvalue weighted by molar-refractivity contribution is 6.63. The summed E-state index contributed by atoms with van der Waals surface area (Å²) in [6.07, 6.45) is 3.30. The average Bonchev–Trinajstić information content (AvgIpc) is 2.97. The predicted molar refractivity (Wildman–Crippen MR) is 96.1 cm³/mol. The standard InChI is InChI=1S/C20H15N3O3/c1-10-16(11(2)26-23-10)18-17(12-4-3-7-22-9-12)15-8-13(24)5-6-14(15)19(21)20(18)25/h3-9,21,24H,1-2H3. The van der Waals surface area contributed by atoms with Gasteiger partial charge in [-0.2, -0.15) is 0 Å². The van der Waals surface area contributed by atoms with Crippen molar-refractivity contribution in [2.45, 2.75) is 13.8 Å². The number of hydrogen-bond acceptors (Lipinski definition) is 6. The van der Waals surface area contributed by atoms with Gasteiger partial charge in [-0.05, 0) is 43.7 Å². The second-order valence-corrected chi connectivity index (χ2v) is 6.12. The third-order valence-electron chi connectivity index (χ3n) is 4.48. The number of aryl methyl sites for hydroxylation is 2. The lowest BCUT2D eigenvalue weighted by molar-refractivity contribution is -0.108. The van der Waals surface area contributed by atoms with Crippen LogP contribution in [0.25, 0.3) is 11.1 Å². The molecule has 128 valence electrons. The second-order valence-electron chi connectivity index (χ2n) is 6.12. The Morgan fingerprint density at radius 3 is 2.58 bits per heavy atom. The van der Waals surface area contributed by atoms with Crippen molar-refractivity contribution in [3.05, 3.63) is 76.4 Å². The Kier molecular flexibility index (Phi) is 3.54. The van der Waals surface area contributed by atoms with Crippen LogP contribution in [0.3, 0.4) is 0 Å². The molecule has 0 saturated heterocycles. The number of carbonyl (C=O) groups is 1. The maximum atomic E-state index is 13.1. The lowest BCUT2D eigenvalue weighted by atomic mass is 9.78. The van der Waals surface area contributed by atoms with Gasteiger partial charge in [-0.3, -0.25) is 15.2 Å². The zero-order valence-corrected chi connectivity index (χ0v) is 14.2. The number of rotatable bonds is 2. The molecule has 1 aliphatic carbocycles. The summed E-state index contributed by atoms with van der Waals surface area (Å²) in [5.41, 5.74) is 3.78. The van der Waals surface area contributed by atoms with Crippen LogP contribution in [-0.2, 0) is 4.79 Å². The van der Waals surface area contributed by atoms with Crippen molar-refractivity contribution in [1.82, 2.24) is 10.1 Å². The minimum absolute atomic E-state index is 0.0606. The molecule has 4 rings (SSSR count). The molecule has 6 nitrogen and oxygen atoms in total. The van der Waals surface area contributed by atoms with E-state index in [1.807, 2.05) is 6.07 Å². The van der Waals surface area contributed by atoms with E-state index in [-0.39, 0.29) is 11.5 Å². The summed E-state index contributed by atoms with van der Waals surface area (Å²) >= 11 is 0. The molecule has 0 unspecified atom stereocenters. The first-order chi connectivity index (χ1) is 12.5. The monoisotopic (exact) mass is 345 g/mol. The van der Waals surface area contributed by atoms with Gasteiger partial charge in [-0.25, -0.2) is 0 Å². The molecule has 0 aliphatic heterocycles. The summed E-state index contributed by atoms with van der Waals surface area (Å²) in [7, 11) is 0. The van der Waals surface area contributed by atoms with Gasteiger partial charge >= 0.3 is 0 Å². The van der Waals surface area contributed by atoms with Crippen LogP contribution in [0.2, 0.25) is 0 Å². The van der Waals surface area contributed by atoms with Crippen LogP contribution in [0.5, 0.6) is 5.75 Å². The number of carbonyl (C=O) groups excluding carboxylic acids is 1. The number of fused-ring (bicyclic) bond motifs is 1. The lowest BCUT2D eigenvalue weighted by Gasteiger charge is -2.23. The van der Waals surface area contributed by atoms with Crippen LogP contribution in [0.4, 0.5) is 0 Å². The molecule has 1 aliphatic rings. The van der Waals surface area contributed by atoms with E-state index in [1.54, 1.807) is 44.4 Å². The van der Waals surface area contributed by atoms with Crippen molar-refractivity contribution >= 4 is 22.6 Å². The van der Waals surface area contributed by atoms with Crippen molar-refractivity contribution in [3.8, 4) is 5.75 Å². The molecule has 2 heterocycles. The minimum atomic E-state index is -0.406. The maximum absolute atomic E-state index is 13.1. The highest BCUT2D eigenvalue weighted by Crippen LogP contribution is 2.41. The number of ketones is 1. The van der Waals surface area contributed by atoms with Gasteiger partial charge in [0, 0.05) is 34.7 Å². The molecular weight excluding hydrogens is 330 g/mol. The number of allylic oxidation sites excluding steroid dienone is 1. The quantitative estimate of drug-likeness (QED) is 0.742. The maximum Gasteiger partial charge on any atom is 0.212 e. The number of Topliss-reactive ketones (excluding diaryl/α,β-unsaturated/α-hetero) is 1. The van der Waals surface area contributed by atoms with E-state index < -0.39 is 5.78 Å². The SMILES string of the molecule is Cc1noc(C)c1C1=C(c2cccnc2)c2cc(O)ccc2C(=N)C1=O. The topological polar surface area (TPSA) is 100 Å². The molecule has 0 radical (unpaired) electrons. The smallest absolute Gasteiger partial charge is 0.212 e. The summed E-state index contributed by atoms with van der Waals surface area (Å²) < 4.78 is 5.26. The van der Waals surface area contributed by atoms with Crippen molar-refractivity contribution in [2.24, 2.45) is 0 Å². The van der Waals surface area contributed by atoms with Gasteiger partial charge in [0.15, 0.2) is 0 Å². The van der Waals surface area contributed by atoms with Gasteiger partial charge in [-0.15, -0.1) is 0 Å². The fourth-order valence-corrected chi connectivity index (χ4v) is 3.34. The number of nitrogens with zero attached hydrogens (tertiary/aromatic N) is 2. The summed E-state index contributed by atoms with van der Waals surface area (Å²) in [6, 6.07) is 8.25. The molecular formula is C20H15N3O3. The molecule has 3 aromatic rings. The molecule has 26 heavy (non-hydrogen) atoms. The Morgan fingerprint density at radius 1 is 1.12 bits per heavy atom. The molecule has 2 aromatic heterocycles. The number of aromatic hydroxyl groups is 1. The van der Waals surface area contributed by atoms with Crippen LogP contribution in [-0.4, -0.2) is 26.7 Å². The van der Waals surface area contributed by atoms with Gasteiger partial charge in [0.05, 0.1) is 11.3 Å². The van der Waals surface area contributed by atoms with Crippen molar-refractivity contribution in [3.63, 3.8) is 0 Å². The first kappa shape index (κ1) is 16.0. The van der Waals surface area contributed by atoms with E-state index in [9.17, 15) is 9.90 Å². The van der Waals surface area contributed by atoms with Gasteiger partial charge in [0.25, 0.3) is 0 Å². The average molecular weight is 345 g/mol. The van der Waals surface area contributed by atoms with Crippen molar-refractivity contribution in [2.75, 3.05) is 0 Å². The van der Waals surface area contributed by atoms with Crippen LogP contribution < -0.4 is 0 Å². The van der Waals surface area contributed by atoms with E-state index in [4.69, 9.17) is 9.93 Å². The molecule has 0 atom stereocenters. The number of aromatic nitrogens is 2. The molecule has 1 aromatic carbocycles. The Morgan fingerprint density at radius 2 is 1.92 bits per heavy atom. The van der Waals surface area contributed by atoms with E-state index in [0.717, 1.165) is 5.56 Å². The zero-order valence-electron chi connectivity index (χ0n) is 14.2. The lowest BCUT2D eigenvalue weighted by Crippen LogP contribution is -2.24. The molecule has 0 amide bonds. The largest absolute Gasteiger partial charge is 0.508 e. The third kappa shape index (κ3) is 2.27.